The minimum atomic E-state index is -4.98. The van der Waals surface area contributed by atoms with Crippen molar-refractivity contribution in [1.82, 2.24) is 24.6 Å². The molecule has 41 heavy (non-hydrogen) atoms. The third kappa shape index (κ3) is 6.45. The van der Waals surface area contributed by atoms with Gasteiger partial charge in [0, 0.05) is 30.9 Å². The van der Waals surface area contributed by atoms with Gasteiger partial charge in [-0.2, -0.15) is 30.6 Å². The van der Waals surface area contributed by atoms with Crippen LogP contribution in [0.5, 0.6) is 0 Å². The van der Waals surface area contributed by atoms with E-state index in [0.29, 0.717) is 22.8 Å². The number of nitrogens with one attached hydrogen (secondary N) is 1. The number of amides is 1. The number of carbonyl (C=O) groups is 1. The molecule has 1 N–H and O–H groups in total. The molecule has 17 heteroatoms. The molecule has 3 unspecified atom stereocenters. The first-order valence-corrected chi connectivity index (χ1v) is 13.1. The number of sulfonamides is 1. The number of hydrogen-bond donors (Lipinski definition) is 1. The number of benzene rings is 1. The van der Waals surface area contributed by atoms with Crippen molar-refractivity contribution in [2.75, 3.05) is 0 Å². The summed E-state index contributed by atoms with van der Waals surface area (Å²) in [5, 5.41) is 2.28. The molecule has 1 aromatic carbocycles. The standard InChI is InChI=1S/C24H19F8N5O3S/c1-12-17(26)8-19(37(12)41(39,40)16-4-2-15(25)3-5-16)21(38)33-9-13-6-18(36-20(7-13)23(27,28)29)14-10-34-22(35-11-14)24(30,31)32/h2-7,10-12,17,19H,8-9H2,1H3,(H,33,38). The Morgan fingerprint density at radius 1 is 1.02 bits per heavy atom. The molecule has 3 atom stereocenters. The van der Waals surface area contributed by atoms with Gasteiger partial charge in [-0.3, -0.25) is 4.79 Å². The van der Waals surface area contributed by atoms with Crippen molar-refractivity contribution in [1.29, 1.82) is 0 Å². The fourth-order valence-electron chi connectivity index (χ4n) is 4.19. The molecule has 1 aliphatic heterocycles. The first-order valence-electron chi connectivity index (χ1n) is 11.7. The van der Waals surface area contributed by atoms with Crippen molar-refractivity contribution >= 4 is 15.9 Å². The largest absolute Gasteiger partial charge is 0.451 e. The lowest BCUT2D eigenvalue weighted by Gasteiger charge is -2.27. The normalized spacial score (nSPS) is 20.3. The van der Waals surface area contributed by atoms with Gasteiger partial charge in [0.15, 0.2) is 0 Å². The predicted octanol–water partition coefficient (Wildman–Crippen LogP) is 4.52. The van der Waals surface area contributed by atoms with Crippen LogP contribution in [0.25, 0.3) is 11.3 Å². The molecule has 4 rings (SSSR count). The molecule has 1 amide bonds. The lowest BCUT2D eigenvalue weighted by Crippen LogP contribution is -2.48. The fraction of sp³-hybridized carbons (Fsp3) is 0.333. The van der Waals surface area contributed by atoms with Crippen LogP contribution in [0, 0.1) is 5.82 Å². The summed E-state index contributed by atoms with van der Waals surface area (Å²) in [4.78, 5) is 22.2. The predicted molar refractivity (Wildman–Crippen MR) is 125 cm³/mol. The van der Waals surface area contributed by atoms with Gasteiger partial charge in [0.1, 0.15) is 23.7 Å². The highest BCUT2D eigenvalue weighted by atomic mass is 32.2. The monoisotopic (exact) mass is 609 g/mol. The van der Waals surface area contributed by atoms with E-state index < -0.39 is 87.4 Å². The van der Waals surface area contributed by atoms with E-state index in [1.54, 1.807) is 0 Å². The topological polar surface area (TPSA) is 105 Å². The molecule has 0 radical (unpaired) electrons. The summed E-state index contributed by atoms with van der Waals surface area (Å²) < 4.78 is 134. The van der Waals surface area contributed by atoms with Crippen LogP contribution in [0.1, 0.15) is 30.4 Å². The van der Waals surface area contributed by atoms with Crippen molar-refractivity contribution in [2.24, 2.45) is 0 Å². The highest BCUT2D eigenvalue weighted by molar-refractivity contribution is 7.89. The van der Waals surface area contributed by atoms with Crippen LogP contribution in [-0.4, -0.2) is 51.8 Å². The van der Waals surface area contributed by atoms with Crippen LogP contribution < -0.4 is 5.32 Å². The number of aromatic nitrogens is 3. The van der Waals surface area contributed by atoms with E-state index in [-0.39, 0.29) is 11.1 Å². The second-order valence-corrected chi connectivity index (χ2v) is 10.9. The van der Waals surface area contributed by atoms with Gasteiger partial charge in [-0.25, -0.2) is 32.2 Å². The molecule has 0 bridgehead atoms. The summed E-state index contributed by atoms with van der Waals surface area (Å²) in [6, 6.07) is 2.39. The zero-order valence-corrected chi connectivity index (χ0v) is 21.5. The second kappa shape index (κ2) is 10.9. The average Bonchev–Trinajstić information content (AvgIpc) is 3.21. The van der Waals surface area contributed by atoms with E-state index in [9.17, 15) is 48.3 Å². The fourth-order valence-corrected chi connectivity index (χ4v) is 6.00. The van der Waals surface area contributed by atoms with Crippen molar-refractivity contribution in [3.8, 4) is 11.3 Å². The molecule has 3 aromatic rings. The average molecular weight is 609 g/mol. The van der Waals surface area contributed by atoms with Crippen molar-refractivity contribution in [3.05, 3.63) is 71.7 Å². The maximum absolute atomic E-state index is 14.6. The molecule has 1 aliphatic rings. The molecule has 8 nitrogen and oxygen atoms in total. The van der Waals surface area contributed by atoms with Crippen molar-refractivity contribution in [2.45, 2.75) is 55.4 Å². The van der Waals surface area contributed by atoms with Gasteiger partial charge in [-0.15, -0.1) is 0 Å². The van der Waals surface area contributed by atoms with Gasteiger partial charge in [0.2, 0.25) is 21.8 Å². The lowest BCUT2D eigenvalue weighted by atomic mass is 10.1. The van der Waals surface area contributed by atoms with E-state index in [4.69, 9.17) is 0 Å². The van der Waals surface area contributed by atoms with Crippen LogP contribution in [0.4, 0.5) is 35.1 Å². The molecule has 3 heterocycles. The molecular formula is C24H19F8N5O3S. The lowest BCUT2D eigenvalue weighted by molar-refractivity contribution is -0.145. The molecule has 220 valence electrons. The highest BCUT2D eigenvalue weighted by Crippen LogP contribution is 2.34. The third-order valence-electron chi connectivity index (χ3n) is 6.22. The first kappa shape index (κ1) is 30.2. The number of hydrogen-bond acceptors (Lipinski definition) is 6. The summed E-state index contributed by atoms with van der Waals surface area (Å²) in [5.74, 6) is -3.26. The van der Waals surface area contributed by atoms with Crippen LogP contribution in [0.15, 0.2) is 53.7 Å². The van der Waals surface area contributed by atoms with Gasteiger partial charge in [0.05, 0.1) is 16.6 Å². The van der Waals surface area contributed by atoms with Gasteiger partial charge in [0.25, 0.3) is 0 Å². The molecule has 0 aliphatic carbocycles. The minimum Gasteiger partial charge on any atom is -0.351 e. The van der Waals surface area contributed by atoms with Gasteiger partial charge >= 0.3 is 12.4 Å². The quantitative estimate of drug-likeness (QED) is 0.413. The smallest absolute Gasteiger partial charge is 0.351 e. The van der Waals surface area contributed by atoms with E-state index in [1.165, 1.54) is 6.92 Å². The summed E-state index contributed by atoms with van der Waals surface area (Å²) in [6.07, 6.45) is -10.9. The molecular weight excluding hydrogens is 590 g/mol. The van der Waals surface area contributed by atoms with E-state index in [2.05, 4.69) is 20.3 Å². The minimum absolute atomic E-state index is 0.202. The van der Waals surface area contributed by atoms with Crippen molar-refractivity contribution < 1.29 is 48.3 Å². The number of alkyl halides is 7. The number of carbonyl (C=O) groups excluding carboxylic acids is 1. The van der Waals surface area contributed by atoms with Crippen molar-refractivity contribution in [3.63, 3.8) is 0 Å². The maximum Gasteiger partial charge on any atom is 0.451 e. The van der Waals surface area contributed by atoms with E-state index in [1.807, 2.05) is 0 Å². The maximum atomic E-state index is 14.6. The Hall–Kier alpha value is -3.73. The first-order chi connectivity index (χ1) is 19.0. The summed E-state index contributed by atoms with van der Waals surface area (Å²) >= 11 is 0. The number of nitrogens with zero attached hydrogens (tertiary/aromatic N) is 4. The third-order valence-corrected chi connectivity index (χ3v) is 8.23. The highest BCUT2D eigenvalue weighted by Gasteiger charge is 2.49. The van der Waals surface area contributed by atoms with E-state index in [0.717, 1.165) is 30.3 Å². The Bertz CT molecular complexity index is 1530. The Labute approximate surface area is 227 Å². The second-order valence-electron chi connectivity index (χ2n) is 9.05. The van der Waals surface area contributed by atoms with Crippen LogP contribution in [0.2, 0.25) is 0 Å². The summed E-state index contributed by atoms with van der Waals surface area (Å²) in [5.41, 5.74) is -2.36. The number of rotatable bonds is 6. The SMILES string of the molecule is CC1C(F)CC(C(=O)NCc2cc(-c3cnc(C(F)(F)F)nc3)nc(C(F)(F)F)c2)N1S(=O)(=O)c1ccc(F)cc1. The van der Waals surface area contributed by atoms with Gasteiger partial charge < -0.3 is 5.32 Å². The van der Waals surface area contributed by atoms with Gasteiger partial charge in [-0.1, -0.05) is 0 Å². The van der Waals surface area contributed by atoms with Crippen LogP contribution in [0.3, 0.4) is 0 Å². The van der Waals surface area contributed by atoms with Crippen LogP contribution >= 0.6 is 0 Å². The molecule has 0 spiro atoms. The van der Waals surface area contributed by atoms with E-state index >= 15 is 0 Å². The molecule has 2 aromatic heterocycles. The van der Waals surface area contributed by atoms with Gasteiger partial charge in [-0.05, 0) is 48.9 Å². The Kier molecular flexibility index (Phi) is 8.05. The molecule has 1 fully saturated rings. The zero-order chi connectivity index (χ0) is 30.3. The number of pyridine rings is 1. The Morgan fingerprint density at radius 3 is 2.20 bits per heavy atom. The van der Waals surface area contributed by atoms with Crippen LogP contribution in [-0.2, 0) is 33.7 Å². The summed E-state index contributed by atoms with van der Waals surface area (Å²) in [6.45, 7) is 0.626. The Balaban J connectivity index is 1.60. The summed E-state index contributed by atoms with van der Waals surface area (Å²) in [7, 11) is -4.48. The number of halogens is 8. The molecule has 0 saturated carbocycles. The Morgan fingerprint density at radius 2 is 1.63 bits per heavy atom. The zero-order valence-electron chi connectivity index (χ0n) is 20.7. The molecule has 1 saturated heterocycles.